The van der Waals surface area contributed by atoms with Crippen molar-refractivity contribution in [3.05, 3.63) is 24.0 Å². The van der Waals surface area contributed by atoms with Crippen molar-refractivity contribution in [3.63, 3.8) is 0 Å². The number of nitrogens with one attached hydrogen (secondary N) is 2. The maximum absolute atomic E-state index is 11.8. The molecule has 0 aliphatic heterocycles. The highest BCUT2D eigenvalue weighted by Crippen LogP contribution is 2.06. The number of pyridine rings is 1. The molecule has 19 heavy (non-hydrogen) atoms. The fourth-order valence-corrected chi connectivity index (χ4v) is 1.39. The summed E-state index contributed by atoms with van der Waals surface area (Å²) in [5.74, 6) is -0.187. The molecule has 2 N–H and O–H groups in total. The molecule has 0 unspecified atom stereocenters. The maximum atomic E-state index is 11.8. The maximum Gasteiger partial charge on any atom is 0.270 e. The Balaban J connectivity index is 2.23. The van der Waals surface area contributed by atoms with Crippen molar-refractivity contribution in [1.29, 1.82) is 0 Å². The van der Waals surface area contributed by atoms with Crippen molar-refractivity contribution in [3.8, 4) is 0 Å². The molecule has 1 rings (SSSR count). The molecule has 0 spiro atoms. The van der Waals surface area contributed by atoms with E-state index in [1.807, 2.05) is 19.0 Å². The van der Waals surface area contributed by atoms with E-state index in [1.165, 1.54) is 0 Å². The Morgan fingerprint density at radius 1 is 1.42 bits per heavy atom. The quantitative estimate of drug-likeness (QED) is 0.668. The zero-order valence-corrected chi connectivity index (χ0v) is 11.8. The zero-order chi connectivity index (χ0) is 14.1. The van der Waals surface area contributed by atoms with Crippen molar-refractivity contribution >= 4 is 11.6 Å². The van der Waals surface area contributed by atoms with Gasteiger partial charge in [-0.3, -0.25) is 9.78 Å². The van der Waals surface area contributed by atoms with Crippen LogP contribution >= 0.6 is 0 Å². The molecular formula is C13H22N4O2. The predicted molar refractivity (Wildman–Crippen MR) is 75.5 cm³/mol. The van der Waals surface area contributed by atoms with Crippen LogP contribution in [0.2, 0.25) is 0 Å². The van der Waals surface area contributed by atoms with Crippen LogP contribution in [-0.4, -0.2) is 63.2 Å². The molecule has 0 atom stereocenters. The standard InChI is InChI=1S/C13H22N4O2/c1-14-11-4-5-15-12(10-11)13(18)16-6-8-19-9-7-17(2)3/h4-5,10H,6-9H2,1-3H3,(H,14,15)(H,16,18). The third-order valence-electron chi connectivity index (χ3n) is 2.50. The number of rotatable bonds is 8. The van der Waals surface area contributed by atoms with Crippen molar-refractivity contribution in [1.82, 2.24) is 15.2 Å². The minimum Gasteiger partial charge on any atom is -0.388 e. The zero-order valence-electron chi connectivity index (χ0n) is 11.8. The number of ether oxygens (including phenoxy) is 1. The SMILES string of the molecule is CNc1ccnc(C(=O)NCCOCCN(C)C)c1. The number of amides is 1. The number of nitrogens with zero attached hydrogens (tertiary/aromatic N) is 2. The molecule has 0 saturated heterocycles. The number of hydrogen-bond donors (Lipinski definition) is 2. The largest absolute Gasteiger partial charge is 0.388 e. The molecule has 0 bridgehead atoms. The lowest BCUT2D eigenvalue weighted by Crippen LogP contribution is -2.29. The Morgan fingerprint density at radius 2 is 2.21 bits per heavy atom. The minimum absolute atomic E-state index is 0.187. The van der Waals surface area contributed by atoms with Crippen LogP contribution in [0.3, 0.4) is 0 Å². The summed E-state index contributed by atoms with van der Waals surface area (Å²) >= 11 is 0. The Hall–Kier alpha value is -1.66. The number of likely N-dealkylation sites (N-methyl/N-ethyl adjacent to an activating group) is 1. The van der Waals surface area contributed by atoms with Gasteiger partial charge in [0.15, 0.2) is 0 Å². The van der Waals surface area contributed by atoms with E-state index in [1.54, 1.807) is 25.4 Å². The average molecular weight is 266 g/mol. The first-order valence-corrected chi connectivity index (χ1v) is 6.28. The van der Waals surface area contributed by atoms with Gasteiger partial charge in [0.2, 0.25) is 0 Å². The third kappa shape index (κ3) is 6.17. The van der Waals surface area contributed by atoms with E-state index in [9.17, 15) is 4.79 Å². The van der Waals surface area contributed by atoms with Crippen molar-refractivity contribution < 1.29 is 9.53 Å². The number of anilines is 1. The molecule has 106 valence electrons. The molecule has 6 heteroatoms. The highest BCUT2D eigenvalue weighted by atomic mass is 16.5. The Labute approximate surface area is 114 Å². The van der Waals surface area contributed by atoms with Crippen LogP contribution in [0.15, 0.2) is 18.3 Å². The second-order valence-corrected chi connectivity index (χ2v) is 4.35. The molecule has 1 heterocycles. The summed E-state index contributed by atoms with van der Waals surface area (Å²) in [5.41, 5.74) is 1.27. The van der Waals surface area contributed by atoms with Crippen LogP contribution in [0.4, 0.5) is 5.69 Å². The lowest BCUT2D eigenvalue weighted by Gasteiger charge is -2.10. The van der Waals surface area contributed by atoms with Crippen molar-refractivity contribution in [2.75, 3.05) is 52.8 Å². The van der Waals surface area contributed by atoms with Crippen LogP contribution in [0.5, 0.6) is 0 Å². The number of carbonyl (C=O) groups excluding carboxylic acids is 1. The van der Waals surface area contributed by atoms with Crippen molar-refractivity contribution in [2.24, 2.45) is 0 Å². The van der Waals surface area contributed by atoms with E-state index < -0.39 is 0 Å². The molecule has 1 aromatic rings. The Bertz CT molecular complexity index is 396. The average Bonchev–Trinajstić information content (AvgIpc) is 2.42. The minimum atomic E-state index is -0.187. The second kappa shape index (κ2) is 8.44. The van der Waals surface area contributed by atoms with E-state index in [-0.39, 0.29) is 5.91 Å². The highest BCUT2D eigenvalue weighted by Gasteiger charge is 2.06. The summed E-state index contributed by atoms with van der Waals surface area (Å²) in [4.78, 5) is 17.9. The van der Waals surface area contributed by atoms with Gasteiger partial charge in [-0.05, 0) is 26.2 Å². The predicted octanol–water partition coefficient (Wildman–Crippen LogP) is 0.431. The Morgan fingerprint density at radius 3 is 2.89 bits per heavy atom. The molecular weight excluding hydrogens is 244 g/mol. The van der Waals surface area contributed by atoms with Gasteiger partial charge in [-0.25, -0.2) is 0 Å². The molecule has 0 radical (unpaired) electrons. The highest BCUT2D eigenvalue weighted by molar-refractivity contribution is 5.93. The van der Waals surface area contributed by atoms with Crippen LogP contribution in [0, 0.1) is 0 Å². The second-order valence-electron chi connectivity index (χ2n) is 4.35. The Kier molecular flexibility index (Phi) is 6.84. The van der Waals surface area contributed by atoms with Gasteiger partial charge in [0.25, 0.3) is 5.91 Å². The summed E-state index contributed by atoms with van der Waals surface area (Å²) in [7, 11) is 5.78. The summed E-state index contributed by atoms with van der Waals surface area (Å²) in [5, 5.41) is 5.74. The van der Waals surface area contributed by atoms with E-state index in [2.05, 4.69) is 15.6 Å². The lowest BCUT2D eigenvalue weighted by molar-refractivity contribution is 0.0896. The number of hydrogen-bond acceptors (Lipinski definition) is 5. The van der Waals surface area contributed by atoms with Gasteiger partial charge in [-0.2, -0.15) is 0 Å². The summed E-state index contributed by atoms with van der Waals surface area (Å²) in [6, 6.07) is 3.52. The lowest BCUT2D eigenvalue weighted by atomic mass is 10.3. The fourth-order valence-electron chi connectivity index (χ4n) is 1.39. The van der Waals surface area contributed by atoms with Gasteiger partial charge in [0.05, 0.1) is 13.2 Å². The number of carbonyl (C=O) groups is 1. The fraction of sp³-hybridized carbons (Fsp3) is 0.538. The third-order valence-corrected chi connectivity index (χ3v) is 2.50. The molecule has 1 amide bonds. The summed E-state index contributed by atoms with van der Waals surface area (Å²) in [6.45, 7) is 2.53. The van der Waals surface area contributed by atoms with Crippen LogP contribution in [0.1, 0.15) is 10.5 Å². The van der Waals surface area contributed by atoms with Crippen LogP contribution in [-0.2, 0) is 4.74 Å². The molecule has 0 saturated carbocycles. The molecule has 0 aliphatic rings. The van der Waals surface area contributed by atoms with E-state index in [4.69, 9.17) is 4.74 Å². The summed E-state index contributed by atoms with van der Waals surface area (Å²) < 4.78 is 5.39. The van der Waals surface area contributed by atoms with Gasteiger partial charge >= 0.3 is 0 Å². The first kappa shape index (κ1) is 15.4. The van der Waals surface area contributed by atoms with Crippen LogP contribution in [0.25, 0.3) is 0 Å². The monoisotopic (exact) mass is 266 g/mol. The van der Waals surface area contributed by atoms with Crippen molar-refractivity contribution in [2.45, 2.75) is 0 Å². The van der Waals surface area contributed by atoms with E-state index in [0.717, 1.165) is 12.2 Å². The first-order valence-electron chi connectivity index (χ1n) is 6.28. The number of aromatic nitrogens is 1. The van der Waals surface area contributed by atoms with Gasteiger partial charge in [0, 0.05) is 32.0 Å². The molecule has 0 aliphatic carbocycles. The molecule has 6 nitrogen and oxygen atoms in total. The first-order chi connectivity index (χ1) is 9.13. The molecule has 1 aromatic heterocycles. The normalized spacial score (nSPS) is 10.5. The van der Waals surface area contributed by atoms with Gasteiger partial charge in [-0.15, -0.1) is 0 Å². The van der Waals surface area contributed by atoms with Gasteiger partial charge < -0.3 is 20.3 Å². The van der Waals surface area contributed by atoms with Crippen LogP contribution < -0.4 is 10.6 Å². The van der Waals surface area contributed by atoms with E-state index >= 15 is 0 Å². The van der Waals surface area contributed by atoms with E-state index in [0.29, 0.717) is 25.5 Å². The smallest absolute Gasteiger partial charge is 0.270 e. The summed E-state index contributed by atoms with van der Waals surface area (Å²) in [6.07, 6.45) is 1.61. The van der Waals surface area contributed by atoms with Gasteiger partial charge in [0.1, 0.15) is 5.69 Å². The van der Waals surface area contributed by atoms with Gasteiger partial charge in [-0.1, -0.05) is 0 Å². The molecule has 0 aromatic carbocycles. The molecule has 0 fully saturated rings. The topological polar surface area (TPSA) is 66.5 Å².